The third kappa shape index (κ3) is 3.35. The second-order valence-corrected chi connectivity index (χ2v) is 7.93. The van der Waals surface area contributed by atoms with Gasteiger partial charge in [0.15, 0.2) is 16.9 Å². The van der Waals surface area contributed by atoms with E-state index in [1.54, 1.807) is 30.2 Å². The largest absolute Gasteiger partial charge is 0.493 e. The molecule has 0 fully saturated rings. The molecule has 4 aromatic rings. The molecule has 0 N–H and O–H groups in total. The summed E-state index contributed by atoms with van der Waals surface area (Å²) < 4.78 is 17.2. The van der Waals surface area contributed by atoms with E-state index in [0.717, 1.165) is 11.1 Å². The standard InChI is InChI=1S/C27H23NO5/c1-4-32-21-13-11-17(15-22(21)31-3)24-23-25(29)19-14-16(2)10-12-20(19)33-26(23)27(30)28(24)18-8-6-5-7-9-18/h5-15,24H,4H2,1-3H3. The van der Waals surface area contributed by atoms with Crippen molar-refractivity contribution in [3.05, 3.63) is 99.4 Å². The van der Waals surface area contributed by atoms with E-state index in [0.29, 0.717) is 40.3 Å². The minimum Gasteiger partial charge on any atom is -0.493 e. The third-order valence-electron chi connectivity index (χ3n) is 5.86. The second-order valence-electron chi connectivity index (χ2n) is 7.93. The fourth-order valence-corrected chi connectivity index (χ4v) is 4.39. The molecule has 0 spiro atoms. The van der Waals surface area contributed by atoms with Crippen LogP contribution in [0.1, 0.15) is 40.2 Å². The highest BCUT2D eigenvalue weighted by atomic mass is 16.5. The van der Waals surface area contributed by atoms with Crippen molar-refractivity contribution in [2.24, 2.45) is 0 Å². The normalized spacial score (nSPS) is 15.1. The van der Waals surface area contributed by atoms with Crippen LogP contribution in [-0.4, -0.2) is 19.6 Å². The number of anilines is 1. The molecule has 0 saturated heterocycles. The highest BCUT2D eigenvalue weighted by Crippen LogP contribution is 2.43. The van der Waals surface area contributed by atoms with Crippen molar-refractivity contribution in [2.75, 3.05) is 18.6 Å². The maximum atomic E-state index is 13.7. The van der Waals surface area contributed by atoms with Crippen molar-refractivity contribution in [1.82, 2.24) is 0 Å². The molecule has 0 radical (unpaired) electrons. The summed E-state index contributed by atoms with van der Waals surface area (Å²) in [6, 6.07) is 19.5. The molecule has 1 unspecified atom stereocenters. The highest BCUT2D eigenvalue weighted by molar-refractivity contribution is 6.10. The summed E-state index contributed by atoms with van der Waals surface area (Å²) in [7, 11) is 1.56. The molecule has 1 amide bonds. The molecule has 1 aliphatic heterocycles. The van der Waals surface area contributed by atoms with Gasteiger partial charge in [-0.2, -0.15) is 0 Å². The number of aryl methyl sites for hydroxylation is 1. The lowest BCUT2D eigenvalue weighted by Gasteiger charge is -2.25. The monoisotopic (exact) mass is 441 g/mol. The number of ether oxygens (including phenoxy) is 2. The number of nitrogens with zero attached hydrogens (tertiary/aromatic N) is 1. The second kappa shape index (κ2) is 8.13. The Hall–Kier alpha value is -4.06. The van der Waals surface area contributed by atoms with Crippen LogP contribution in [0.2, 0.25) is 0 Å². The Morgan fingerprint density at radius 1 is 0.970 bits per heavy atom. The van der Waals surface area contributed by atoms with E-state index in [1.165, 1.54) is 0 Å². The van der Waals surface area contributed by atoms with Gasteiger partial charge >= 0.3 is 0 Å². The Labute approximate surface area is 191 Å². The summed E-state index contributed by atoms with van der Waals surface area (Å²) in [6.07, 6.45) is 0. The van der Waals surface area contributed by atoms with Gasteiger partial charge in [0.1, 0.15) is 5.58 Å². The van der Waals surface area contributed by atoms with Gasteiger partial charge in [0.05, 0.1) is 30.7 Å². The summed E-state index contributed by atoms with van der Waals surface area (Å²) in [5, 5.41) is 0.458. The highest BCUT2D eigenvalue weighted by Gasteiger charge is 2.43. The number of para-hydroxylation sites is 1. The minimum absolute atomic E-state index is 0.0676. The topological polar surface area (TPSA) is 69.0 Å². The van der Waals surface area contributed by atoms with Gasteiger partial charge in [-0.15, -0.1) is 0 Å². The van der Waals surface area contributed by atoms with Crippen molar-refractivity contribution in [2.45, 2.75) is 19.9 Å². The summed E-state index contributed by atoms with van der Waals surface area (Å²) in [5.74, 6) is 0.844. The van der Waals surface area contributed by atoms with Crippen LogP contribution in [0.4, 0.5) is 5.69 Å². The lowest BCUT2D eigenvalue weighted by Crippen LogP contribution is -2.29. The Kier molecular flexibility index (Phi) is 5.13. The van der Waals surface area contributed by atoms with E-state index >= 15 is 0 Å². The van der Waals surface area contributed by atoms with Gasteiger partial charge in [-0.1, -0.05) is 35.9 Å². The number of rotatable bonds is 5. The smallest absolute Gasteiger partial charge is 0.295 e. The van der Waals surface area contributed by atoms with Gasteiger partial charge in [-0.25, -0.2) is 0 Å². The quantitative estimate of drug-likeness (QED) is 0.423. The van der Waals surface area contributed by atoms with Gasteiger partial charge in [-0.3, -0.25) is 14.5 Å². The molecule has 3 aromatic carbocycles. The van der Waals surface area contributed by atoms with Crippen LogP contribution < -0.4 is 19.8 Å². The van der Waals surface area contributed by atoms with Gasteiger partial charge in [-0.05, 0) is 55.8 Å². The predicted octanol–water partition coefficient (Wildman–Crippen LogP) is 5.26. The lowest BCUT2D eigenvalue weighted by molar-refractivity contribution is 0.0971. The molecule has 6 nitrogen and oxygen atoms in total. The van der Waals surface area contributed by atoms with Gasteiger partial charge in [0.25, 0.3) is 5.91 Å². The van der Waals surface area contributed by atoms with Crippen LogP contribution in [0.5, 0.6) is 11.5 Å². The molecule has 166 valence electrons. The Morgan fingerprint density at radius 3 is 2.48 bits per heavy atom. The first kappa shape index (κ1) is 20.8. The van der Waals surface area contributed by atoms with Crippen LogP contribution in [0, 0.1) is 6.92 Å². The number of methoxy groups -OCH3 is 1. The fraction of sp³-hybridized carbons (Fsp3) is 0.185. The van der Waals surface area contributed by atoms with Gasteiger partial charge < -0.3 is 13.9 Å². The number of carbonyl (C=O) groups is 1. The maximum Gasteiger partial charge on any atom is 0.295 e. The third-order valence-corrected chi connectivity index (χ3v) is 5.86. The molecule has 1 aromatic heterocycles. The van der Waals surface area contributed by atoms with Crippen molar-refractivity contribution in [1.29, 1.82) is 0 Å². The number of amides is 1. The summed E-state index contributed by atoms with van der Waals surface area (Å²) in [5.41, 5.74) is 2.86. The molecule has 0 aliphatic carbocycles. The Balaban J connectivity index is 1.79. The molecule has 2 heterocycles. The van der Waals surface area contributed by atoms with E-state index < -0.39 is 6.04 Å². The number of carbonyl (C=O) groups excluding carboxylic acids is 1. The van der Waals surface area contributed by atoms with Crippen LogP contribution in [0.3, 0.4) is 0 Å². The molecule has 1 atom stereocenters. The first-order valence-corrected chi connectivity index (χ1v) is 10.8. The molecule has 6 heteroatoms. The zero-order valence-electron chi connectivity index (χ0n) is 18.6. The average Bonchev–Trinajstić information content (AvgIpc) is 3.13. The minimum atomic E-state index is -0.666. The number of hydrogen-bond acceptors (Lipinski definition) is 5. The van der Waals surface area contributed by atoms with Crippen LogP contribution in [0.15, 0.2) is 75.9 Å². The molecule has 0 saturated carbocycles. The molecular formula is C27H23NO5. The summed E-state index contributed by atoms with van der Waals surface area (Å²) in [6.45, 7) is 4.31. The first-order valence-electron chi connectivity index (χ1n) is 10.8. The number of benzene rings is 3. The molecule has 1 aliphatic rings. The van der Waals surface area contributed by atoms with Crippen molar-refractivity contribution >= 4 is 22.6 Å². The van der Waals surface area contributed by atoms with E-state index in [1.807, 2.05) is 62.4 Å². The SMILES string of the molecule is CCOc1ccc(C2c3c(oc4ccc(C)cc4c3=O)C(=O)N2c2ccccc2)cc1OC. The zero-order chi connectivity index (χ0) is 23.1. The Morgan fingerprint density at radius 2 is 1.76 bits per heavy atom. The molecule has 33 heavy (non-hydrogen) atoms. The fourth-order valence-electron chi connectivity index (χ4n) is 4.39. The van der Waals surface area contributed by atoms with E-state index in [2.05, 4.69) is 0 Å². The van der Waals surface area contributed by atoms with Crippen molar-refractivity contribution in [3.63, 3.8) is 0 Å². The summed E-state index contributed by atoms with van der Waals surface area (Å²) in [4.78, 5) is 28.9. The lowest BCUT2D eigenvalue weighted by atomic mass is 9.97. The van der Waals surface area contributed by atoms with E-state index in [-0.39, 0.29) is 17.1 Å². The van der Waals surface area contributed by atoms with Crippen LogP contribution >= 0.6 is 0 Å². The first-order chi connectivity index (χ1) is 16.0. The van der Waals surface area contributed by atoms with E-state index in [9.17, 15) is 9.59 Å². The zero-order valence-corrected chi connectivity index (χ0v) is 18.6. The van der Waals surface area contributed by atoms with Crippen molar-refractivity contribution in [3.8, 4) is 11.5 Å². The van der Waals surface area contributed by atoms with E-state index in [4.69, 9.17) is 13.9 Å². The van der Waals surface area contributed by atoms with Crippen molar-refractivity contribution < 1.29 is 18.7 Å². The average molecular weight is 441 g/mol. The molecule has 0 bridgehead atoms. The number of hydrogen-bond donors (Lipinski definition) is 0. The van der Waals surface area contributed by atoms with Crippen LogP contribution in [0.25, 0.3) is 11.0 Å². The summed E-state index contributed by atoms with van der Waals surface area (Å²) >= 11 is 0. The van der Waals surface area contributed by atoms with Gasteiger partial charge in [0.2, 0.25) is 5.76 Å². The molecular weight excluding hydrogens is 418 g/mol. The Bertz CT molecular complexity index is 1420. The van der Waals surface area contributed by atoms with Gasteiger partial charge in [0, 0.05) is 5.69 Å². The number of fused-ring (bicyclic) bond motifs is 2. The van der Waals surface area contributed by atoms with Crippen LogP contribution in [-0.2, 0) is 0 Å². The maximum absolute atomic E-state index is 13.7. The predicted molar refractivity (Wildman–Crippen MR) is 126 cm³/mol. The molecule has 5 rings (SSSR count).